The third-order valence-electron chi connectivity index (χ3n) is 4.34. The molecule has 1 aliphatic heterocycles. The number of hydrogen-bond donors (Lipinski definition) is 1. The SMILES string of the molecule is Nc1nc(C2CCCC2)nc(C2Cc3ccccc3O2)n1. The maximum atomic E-state index is 5.96. The molecule has 108 valence electrons. The van der Waals surface area contributed by atoms with Crippen molar-refractivity contribution in [1.29, 1.82) is 0 Å². The molecule has 0 spiro atoms. The summed E-state index contributed by atoms with van der Waals surface area (Å²) in [6, 6.07) is 8.07. The zero-order chi connectivity index (χ0) is 14.2. The van der Waals surface area contributed by atoms with Gasteiger partial charge in [0, 0.05) is 12.3 Å². The van der Waals surface area contributed by atoms with Gasteiger partial charge in [-0.2, -0.15) is 9.97 Å². The molecule has 0 amide bonds. The number of benzene rings is 1. The Bertz CT molecular complexity index is 642. The second-order valence-corrected chi connectivity index (χ2v) is 5.81. The van der Waals surface area contributed by atoms with Crippen LogP contribution in [-0.2, 0) is 6.42 Å². The number of nitrogen functional groups attached to an aromatic ring is 1. The number of anilines is 1. The van der Waals surface area contributed by atoms with Crippen LogP contribution in [0.15, 0.2) is 24.3 Å². The number of rotatable bonds is 2. The van der Waals surface area contributed by atoms with E-state index >= 15 is 0 Å². The van der Waals surface area contributed by atoms with E-state index in [0.717, 1.165) is 30.8 Å². The van der Waals surface area contributed by atoms with Crippen molar-refractivity contribution < 1.29 is 4.74 Å². The highest BCUT2D eigenvalue weighted by molar-refractivity contribution is 5.38. The van der Waals surface area contributed by atoms with Crippen molar-refractivity contribution in [1.82, 2.24) is 15.0 Å². The highest BCUT2D eigenvalue weighted by Gasteiger charge is 2.28. The Kier molecular flexibility index (Phi) is 2.98. The molecule has 0 bridgehead atoms. The lowest BCUT2D eigenvalue weighted by Gasteiger charge is -2.13. The summed E-state index contributed by atoms with van der Waals surface area (Å²) in [7, 11) is 0. The van der Waals surface area contributed by atoms with Crippen molar-refractivity contribution in [3.05, 3.63) is 41.5 Å². The average Bonchev–Trinajstić information content (AvgIpc) is 3.16. The van der Waals surface area contributed by atoms with Gasteiger partial charge in [0.25, 0.3) is 0 Å². The first-order valence-corrected chi connectivity index (χ1v) is 7.55. The first-order chi connectivity index (χ1) is 10.3. The van der Waals surface area contributed by atoms with E-state index in [-0.39, 0.29) is 6.10 Å². The number of para-hydroxylation sites is 1. The van der Waals surface area contributed by atoms with Gasteiger partial charge in [0.05, 0.1) is 0 Å². The van der Waals surface area contributed by atoms with Gasteiger partial charge in [-0.05, 0) is 24.5 Å². The molecule has 5 nitrogen and oxygen atoms in total. The van der Waals surface area contributed by atoms with Crippen LogP contribution in [0.2, 0.25) is 0 Å². The van der Waals surface area contributed by atoms with Crippen molar-refractivity contribution in [2.24, 2.45) is 0 Å². The Hall–Kier alpha value is -2.17. The van der Waals surface area contributed by atoms with Crippen molar-refractivity contribution in [3.63, 3.8) is 0 Å². The monoisotopic (exact) mass is 282 g/mol. The van der Waals surface area contributed by atoms with E-state index < -0.39 is 0 Å². The fraction of sp³-hybridized carbons (Fsp3) is 0.438. The van der Waals surface area contributed by atoms with Crippen LogP contribution in [-0.4, -0.2) is 15.0 Å². The minimum Gasteiger partial charge on any atom is -0.482 e. The lowest BCUT2D eigenvalue weighted by atomic mass is 10.1. The topological polar surface area (TPSA) is 73.9 Å². The van der Waals surface area contributed by atoms with E-state index in [2.05, 4.69) is 21.0 Å². The molecule has 1 fully saturated rings. The van der Waals surface area contributed by atoms with Gasteiger partial charge in [-0.3, -0.25) is 0 Å². The van der Waals surface area contributed by atoms with Gasteiger partial charge in [0.2, 0.25) is 5.95 Å². The van der Waals surface area contributed by atoms with Crippen LogP contribution in [0, 0.1) is 0 Å². The van der Waals surface area contributed by atoms with Crippen LogP contribution < -0.4 is 10.5 Å². The van der Waals surface area contributed by atoms with Gasteiger partial charge in [0.1, 0.15) is 11.6 Å². The van der Waals surface area contributed by atoms with Crippen LogP contribution in [0.5, 0.6) is 5.75 Å². The second kappa shape index (κ2) is 4.98. The minimum atomic E-state index is -0.146. The molecule has 0 saturated heterocycles. The zero-order valence-corrected chi connectivity index (χ0v) is 11.8. The molecule has 1 atom stereocenters. The third-order valence-corrected chi connectivity index (χ3v) is 4.34. The molecule has 1 aromatic heterocycles. The molecule has 2 aliphatic rings. The Morgan fingerprint density at radius 1 is 1.00 bits per heavy atom. The van der Waals surface area contributed by atoms with E-state index in [0.29, 0.717) is 17.7 Å². The van der Waals surface area contributed by atoms with E-state index in [1.807, 2.05) is 18.2 Å². The zero-order valence-electron chi connectivity index (χ0n) is 11.8. The standard InChI is InChI=1S/C16H18N4O/c17-16-19-14(10-5-1-2-6-10)18-15(20-16)13-9-11-7-3-4-8-12(11)21-13/h3-4,7-8,10,13H,1-2,5-6,9H2,(H2,17,18,19,20). The quantitative estimate of drug-likeness (QED) is 0.916. The normalized spacial score (nSPS) is 21.2. The summed E-state index contributed by atoms with van der Waals surface area (Å²) in [6.07, 6.45) is 5.44. The van der Waals surface area contributed by atoms with Crippen LogP contribution in [0.4, 0.5) is 5.95 Å². The molecule has 4 rings (SSSR count). The number of aromatic nitrogens is 3. The van der Waals surface area contributed by atoms with Gasteiger partial charge >= 0.3 is 0 Å². The largest absolute Gasteiger partial charge is 0.482 e. The lowest BCUT2D eigenvalue weighted by Crippen LogP contribution is -2.15. The maximum Gasteiger partial charge on any atom is 0.223 e. The first kappa shape index (κ1) is 12.6. The minimum absolute atomic E-state index is 0.146. The van der Waals surface area contributed by atoms with Crippen LogP contribution in [0.1, 0.15) is 54.9 Å². The number of fused-ring (bicyclic) bond motifs is 1. The maximum absolute atomic E-state index is 5.96. The summed E-state index contributed by atoms with van der Waals surface area (Å²) in [4.78, 5) is 13.3. The molecular weight excluding hydrogens is 264 g/mol. The molecule has 2 aromatic rings. The number of ether oxygens (including phenoxy) is 1. The average molecular weight is 282 g/mol. The van der Waals surface area contributed by atoms with Crippen LogP contribution in [0.25, 0.3) is 0 Å². The molecule has 21 heavy (non-hydrogen) atoms. The molecule has 5 heteroatoms. The fourth-order valence-corrected chi connectivity index (χ4v) is 3.26. The molecule has 1 aliphatic carbocycles. The van der Waals surface area contributed by atoms with Gasteiger partial charge in [-0.25, -0.2) is 4.98 Å². The summed E-state index contributed by atoms with van der Waals surface area (Å²) >= 11 is 0. The van der Waals surface area contributed by atoms with Crippen molar-refractivity contribution in [2.75, 3.05) is 5.73 Å². The third kappa shape index (κ3) is 2.33. The van der Waals surface area contributed by atoms with Crippen molar-refractivity contribution in [2.45, 2.75) is 44.1 Å². The van der Waals surface area contributed by atoms with Crippen LogP contribution >= 0.6 is 0 Å². The van der Waals surface area contributed by atoms with Gasteiger partial charge in [0.15, 0.2) is 11.9 Å². The molecule has 1 aromatic carbocycles. The predicted molar refractivity (Wildman–Crippen MR) is 79.0 cm³/mol. The molecule has 0 radical (unpaired) electrons. The number of nitrogens with two attached hydrogens (primary N) is 1. The summed E-state index contributed by atoms with van der Waals surface area (Å²) in [5.74, 6) is 3.17. The van der Waals surface area contributed by atoms with E-state index in [1.165, 1.54) is 18.4 Å². The summed E-state index contributed by atoms with van der Waals surface area (Å²) < 4.78 is 5.96. The van der Waals surface area contributed by atoms with Gasteiger partial charge in [-0.1, -0.05) is 31.0 Å². The first-order valence-electron chi connectivity index (χ1n) is 7.55. The molecule has 2 N–H and O–H groups in total. The van der Waals surface area contributed by atoms with Gasteiger partial charge in [-0.15, -0.1) is 0 Å². The number of nitrogens with zero attached hydrogens (tertiary/aromatic N) is 3. The van der Waals surface area contributed by atoms with E-state index in [1.54, 1.807) is 0 Å². The summed E-state index contributed by atoms with van der Waals surface area (Å²) in [6.45, 7) is 0. The van der Waals surface area contributed by atoms with E-state index in [4.69, 9.17) is 10.5 Å². The Balaban J connectivity index is 1.64. The van der Waals surface area contributed by atoms with Crippen LogP contribution in [0.3, 0.4) is 0 Å². The van der Waals surface area contributed by atoms with Gasteiger partial charge < -0.3 is 10.5 Å². The highest BCUT2D eigenvalue weighted by Crippen LogP contribution is 2.36. The van der Waals surface area contributed by atoms with Crippen molar-refractivity contribution in [3.8, 4) is 5.75 Å². The molecule has 2 heterocycles. The summed E-state index contributed by atoms with van der Waals surface area (Å²) in [5.41, 5.74) is 7.08. The Morgan fingerprint density at radius 2 is 1.76 bits per heavy atom. The molecular formula is C16H18N4O. The fourth-order valence-electron chi connectivity index (χ4n) is 3.26. The molecule has 1 saturated carbocycles. The Morgan fingerprint density at radius 3 is 2.57 bits per heavy atom. The summed E-state index contributed by atoms with van der Waals surface area (Å²) in [5, 5.41) is 0. The Labute approximate surface area is 123 Å². The lowest BCUT2D eigenvalue weighted by molar-refractivity contribution is 0.226. The number of hydrogen-bond acceptors (Lipinski definition) is 5. The highest BCUT2D eigenvalue weighted by atomic mass is 16.5. The predicted octanol–water partition coefficient (Wildman–Crippen LogP) is 2.79. The smallest absolute Gasteiger partial charge is 0.223 e. The molecule has 1 unspecified atom stereocenters. The van der Waals surface area contributed by atoms with Crippen molar-refractivity contribution >= 4 is 5.95 Å². The second-order valence-electron chi connectivity index (χ2n) is 5.81. The van der Waals surface area contributed by atoms with E-state index in [9.17, 15) is 0 Å².